The number of halogens is 1. The summed E-state index contributed by atoms with van der Waals surface area (Å²) in [5.74, 6) is -0.238. The highest BCUT2D eigenvalue weighted by Gasteiger charge is 2.20. The highest BCUT2D eigenvalue weighted by molar-refractivity contribution is 6.30. The van der Waals surface area contributed by atoms with E-state index in [0.717, 1.165) is 22.4 Å². The first-order chi connectivity index (χ1) is 13.8. The van der Waals surface area contributed by atoms with Crippen LogP contribution in [-0.4, -0.2) is 16.1 Å². The van der Waals surface area contributed by atoms with Crippen LogP contribution in [0.5, 0.6) is 5.75 Å². The third-order valence-electron chi connectivity index (χ3n) is 4.90. The van der Waals surface area contributed by atoms with Crippen LogP contribution in [0.15, 0.2) is 48.5 Å². The molecule has 4 nitrogen and oxygen atoms in total. The van der Waals surface area contributed by atoms with Crippen molar-refractivity contribution in [2.24, 2.45) is 0 Å². The first-order valence-corrected chi connectivity index (χ1v) is 9.87. The van der Waals surface area contributed by atoms with E-state index >= 15 is 0 Å². The van der Waals surface area contributed by atoms with E-state index in [1.54, 1.807) is 12.1 Å². The Labute approximate surface area is 176 Å². The third kappa shape index (κ3) is 4.77. The minimum absolute atomic E-state index is 0.0830. The summed E-state index contributed by atoms with van der Waals surface area (Å²) < 4.78 is 5.87. The minimum atomic E-state index is -1.03. The summed E-state index contributed by atoms with van der Waals surface area (Å²) in [7, 11) is 0. The van der Waals surface area contributed by atoms with Gasteiger partial charge in [-0.05, 0) is 66.8 Å². The summed E-state index contributed by atoms with van der Waals surface area (Å²) in [6.07, 6.45) is 0. The number of hydrogen-bond acceptors (Lipinski definition) is 3. The molecule has 0 aliphatic carbocycles. The Morgan fingerprint density at radius 2 is 1.86 bits per heavy atom. The number of aromatic carboxylic acids is 1. The molecule has 0 spiro atoms. The lowest BCUT2D eigenvalue weighted by molar-refractivity contribution is 0.0693. The Bertz CT molecular complexity index is 1060. The Kier molecular flexibility index (Phi) is 6.23. The Morgan fingerprint density at radius 3 is 2.48 bits per heavy atom. The molecule has 3 rings (SSSR count). The van der Waals surface area contributed by atoms with Crippen molar-refractivity contribution in [2.45, 2.75) is 40.2 Å². The van der Waals surface area contributed by atoms with Crippen LogP contribution in [0.1, 0.15) is 52.6 Å². The molecule has 0 aliphatic rings. The lowest BCUT2D eigenvalue weighted by Crippen LogP contribution is -2.12. The zero-order chi connectivity index (χ0) is 21.1. The van der Waals surface area contributed by atoms with Gasteiger partial charge in [0.2, 0.25) is 0 Å². The maximum atomic E-state index is 11.9. The number of carboxylic acid groups (broad SMARTS) is 1. The number of nitrogens with zero attached hydrogens (tertiary/aromatic N) is 1. The van der Waals surface area contributed by atoms with E-state index in [2.05, 4.69) is 0 Å². The van der Waals surface area contributed by atoms with Gasteiger partial charge >= 0.3 is 5.97 Å². The van der Waals surface area contributed by atoms with Crippen LogP contribution < -0.4 is 4.74 Å². The van der Waals surface area contributed by atoms with Gasteiger partial charge in [0.1, 0.15) is 12.4 Å². The topological polar surface area (TPSA) is 59.4 Å². The van der Waals surface area contributed by atoms with Crippen LogP contribution in [0.3, 0.4) is 0 Å². The van der Waals surface area contributed by atoms with Gasteiger partial charge < -0.3 is 9.84 Å². The number of ether oxygens (including phenoxy) is 1. The fourth-order valence-electron chi connectivity index (χ4n) is 3.15. The van der Waals surface area contributed by atoms with Crippen LogP contribution in [0.4, 0.5) is 0 Å². The van der Waals surface area contributed by atoms with Crippen molar-refractivity contribution in [3.63, 3.8) is 0 Å². The Balaban J connectivity index is 2.03. The summed E-state index contributed by atoms with van der Waals surface area (Å²) in [4.78, 5) is 16.6. The highest BCUT2D eigenvalue weighted by atomic mass is 35.5. The molecule has 2 aromatic carbocycles. The van der Waals surface area contributed by atoms with E-state index < -0.39 is 5.97 Å². The molecule has 0 aliphatic heterocycles. The summed E-state index contributed by atoms with van der Waals surface area (Å²) in [6, 6.07) is 14.8. The van der Waals surface area contributed by atoms with Gasteiger partial charge in [0.15, 0.2) is 0 Å². The molecule has 0 amide bonds. The van der Waals surface area contributed by atoms with Crippen molar-refractivity contribution in [3.8, 4) is 16.9 Å². The number of pyridine rings is 1. The fourth-order valence-corrected chi connectivity index (χ4v) is 3.34. The lowest BCUT2D eigenvalue weighted by atomic mass is 9.95. The average Bonchev–Trinajstić information content (AvgIpc) is 2.68. The largest absolute Gasteiger partial charge is 0.487 e. The second-order valence-corrected chi connectivity index (χ2v) is 7.86. The number of hydrogen-bond donors (Lipinski definition) is 1. The zero-order valence-electron chi connectivity index (χ0n) is 17.0. The fraction of sp³-hybridized carbons (Fsp3) is 0.250. The van der Waals surface area contributed by atoms with Crippen molar-refractivity contribution >= 4 is 17.6 Å². The van der Waals surface area contributed by atoms with Gasteiger partial charge in [-0.3, -0.25) is 4.98 Å². The molecule has 0 atom stereocenters. The molecule has 0 radical (unpaired) electrons. The Hall–Kier alpha value is -2.85. The molecule has 1 aromatic heterocycles. The van der Waals surface area contributed by atoms with Gasteiger partial charge in [-0.1, -0.05) is 43.6 Å². The molecule has 29 heavy (non-hydrogen) atoms. The quantitative estimate of drug-likeness (QED) is 0.510. The molecule has 0 unspecified atom stereocenters. The van der Waals surface area contributed by atoms with Gasteiger partial charge in [0.25, 0.3) is 0 Å². The summed E-state index contributed by atoms with van der Waals surface area (Å²) in [6.45, 7) is 8.20. The molecule has 1 N–H and O–H groups in total. The molecular weight excluding hydrogens is 386 g/mol. The predicted molar refractivity (Wildman–Crippen MR) is 116 cm³/mol. The monoisotopic (exact) mass is 409 g/mol. The van der Waals surface area contributed by atoms with E-state index in [4.69, 9.17) is 21.3 Å². The maximum absolute atomic E-state index is 11.9. The number of carboxylic acids is 1. The molecule has 3 aromatic rings. The van der Waals surface area contributed by atoms with Crippen LogP contribution >= 0.6 is 11.6 Å². The molecule has 0 bridgehead atoms. The molecule has 0 saturated carbocycles. The molecule has 150 valence electrons. The first kappa shape index (κ1) is 20.9. The smallest absolute Gasteiger partial charge is 0.337 e. The van der Waals surface area contributed by atoms with Crippen molar-refractivity contribution in [3.05, 3.63) is 81.6 Å². The Morgan fingerprint density at radius 1 is 1.10 bits per heavy atom. The van der Waals surface area contributed by atoms with Crippen molar-refractivity contribution in [2.75, 3.05) is 0 Å². The van der Waals surface area contributed by atoms with Crippen LogP contribution in [-0.2, 0) is 6.61 Å². The molecular formula is C24H24ClNO3. The third-order valence-corrected chi connectivity index (χ3v) is 5.13. The minimum Gasteiger partial charge on any atom is -0.487 e. The van der Waals surface area contributed by atoms with E-state index in [9.17, 15) is 9.90 Å². The van der Waals surface area contributed by atoms with Crippen molar-refractivity contribution in [1.82, 2.24) is 4.98 Å². The van der Waals surface area contributed by atoms with Crippen molar-refractivity contribution in [1.29, 1.82) is 0 Å². The van der Waals surface area contributed by atoms with Crippen LogP contribution in [0.25, 0.3) is 11.1 Å². The summed E-state index contributed by atoms with van der Waals surface area (Å²) in [5.41, 5.74) is 5.27. The number of rotatable bonds is 6. The number of carbonyl (C=O) groups is 1. The van der Waals surface area contributed by atoms with E-state index in [1.165, 1.54) is 5.56 Å². The maximum Gasteiger partial charge on any atom is 0.337 e. The molecule has 0 saturated heterocycles. The summed E-state index contributed by atoms with van der Waals surface area (Å²) >= 11 is 6.14. The summed E-state index contributed by atoms with van der Waals surface area (Å²) in [5, 5.41) is 10.4. The SMILES string of the molecule is Cc1ccc(OCc2nc(C(C)C)c(-c3cccc(Cl)c3)cc2C(=O)O)cc1C. The number of benzene rings is 2. The highest BCUT2D eigenvalue weighted by Crippen LogP contribution is 2.32. The molecule has 1 heterocycles. The van der Waals surface area contributed by atoms with Crippen LogP contribution in [0, 0.1) is 13.8 Å². The molecule has 0 fully saturated rings. The van der Waals surface area contributed by atoms with Crippen LogP contribution in [0.2, 0.25) is 5.02 Å². The normalized spacial score (nSPS) is 11.0. The van der Waals surface area contributed by atoms with Gasteiger partial charge in [0, 0.05) is 10.6 Å². The average molecular weight is 410 g/mol. The second-order valence-electron chi connectivity index (χ2n) is 7.42. The second kappa shape index (κ2) is 8.66. The lowest BCUT2D eigenvalue weighted by Gasteiger charge is -2.17. The van der Waals surface area contributed by atoms with Gasteiger partial charge in [0.05, 0.1) is 17.0 Å². The first-order valence-electron chi connectivity index (χ1n) is 9.49. The molecule has 5 heteroatoms. The predicted octanol–water partition coefficient (Wildman–Crippen LogP) is 6.42. The van der Waals surface area contributed by atoms with Gasteiger partial charge in [-0.2, -0.15) is 0 Å². The number of aromatic nitrogens is 1. The zero-order valence-corrected chi connectivity index (χ0v) is 17.7. The van der Waals surface area contributed by atoms with Crippen molar-refractivity contribution < 1.29 is 14.6 Å². The standard InChI is InChI=1S/C24H24ClNO3/c1-14(2)23-20(17-6-5-7-18(25)11-17)12-21(24(27)28)22(26-23)13-29-19-9-8-15(3)16(4)10-19/h5-12,14H,13H2,1-4H3,(H,27,28). The van der Waals surface area contributed by atoms with E-state index in [0.29, 0.717) is 16.5 Å². The van der Waals surface area contributed by atoms with Gasteiger partial charge in [-0.25, -0.2) is 4.79 Å². The van der Waals surface area contributed by atoms with Gasteiger partial charge in [-0.15, -0.1) is 0 Å². The van der Waals surface area contributed by atoms with E-state index in [-0.39, 0.29) is 18.1 Å². The van der Waals surface area contributed by atoms with E-state index in [1.807, 2.05) is 64.1 Å². The number of aryl methyl sites for hydroxylation is 2.